The highest BCUT2D eigenvalue weighted by atomic mass is 79.9. The fraction of sp³-hybridized carbons (Fsp3) is 0.214. The molecule has 0 unspecified atom stereocenters. The van der Waals surface area contributed by atoms with Crippen LogP contribution in [0.1, 0.15) is 22.5 Å². The van der Waals surface area contributed by atoms with E-state index in [1.165, 1.54) is 12.1 Å². The van der Waals surface area contributed by atoms with Gasteiger partial charge < -0.3 is 9.32 Å². The second-order valence-electron chi connectivity index (χ2n) is 4.73. The van der Waals surface area contributed by atoms with Crippen molar-refractivity contribution in [3.05, 3.63) is 56.2 Å². The Labute approximate surface area is 128 Å². The molecule has 1 aliphatic rings. The van der Waals surface area contributed by atoms with Crippen molar-refractivity contribution in [3.63, 3.8) is 0 Å². The molecule has 1 aromatic carbocycles. The number of halogens is 1. The Morgan fingerprint density at radius 1 is 1.33 bits per heavy atom. The zero-order valence-corrected chi connectivity index (χ0v) is 12.5. The van der Waals surface area contributed by atoms with Crippen LogP contribution in [0.5, 0.6) is 0 Å². The zero-order valence-electron chi connectivity index (χ0n) is 10.9. The first kappa shape index (κ1) is 13.8. The van der Waals surface area contributed by atoms with E-state index in [9.17, 15) is 14.9 Å². The average molecular weight is 351 g/mol. The van der Waals surface area contributed by atoms with Crippen molar-refractivity contribution in [2.45, 2.75) is 12.8 Å². The lowest BCUT2D eigenvalue weighted by Gasteiger charge is -2.28. The Hall–Kier alpha value is -2.15. The number of rotatable bonds is 2. The maximum atomic E-state index is 12.5. The molecule has 3 rings (SSSR count). The van der Waals surface area contributed by atoms with Crippen LogP contribution in [0, 0.1) is 10.1 Å². The summed E-state index contributed by atoms with van der Waals surface area (Å²) in [6.07, 6.45) is 1.74. The highest BCUT2D eigenvalue weighted by Gasteiger charge is 2.27. The van der Waals surface area contributed by atoms with Crippen molar-refractivity contribution in [2.24, 2.45) is 0 Å². The molecule has 0 atom stereocenters. The lowest BCUT2D eigenvalue weighted by molar-refractivity contribution is -0.402. The summed E-state index contributed by atoms with van der Waals surface area (Å²) < 4.78 is 5.96. The first-order valence-corrected chi connectivity index (χ1v) is 7.20. The molecule has 0 radical (unpaired) electrons. The summed E-state index contributed by atoms with van der Waals surface area (Å²) in [5.41, 5.74) is 1.90. The van der Waals surface area contributed by atoms with E-state index in [0.717, 1.165) is 28.6 Å². The average Bonchev–Trinajstić information content (AvgIpc) is 2.95. The summed E-state index contributed by atoms with van der Waals surface area (Å²) in [4.78, 5) is 24.1. The predicted molar refractivity (Wildman–Crippen MR) is 79.5 cm³/mol. The van der Waals surface area contributed by atoms with E-state index in [-0.39, 0.29) is 11.7 Å². The van der Waals surface area contributed by atoms with Crippen molar-refractivity contribution in [3.8, 4) is 0 Å². The molecular formula is C14H11BrN2O4. The molecule has 1 aromatic heterocycles. The number of aryl methyl sites for hydroxylation is 1. The number of carbonyl (C=O) groups is 1. The summed E-state index contributed by atoms with van der Waals surface area (Å²) in [5.74, 6) is -0.796. The van der Waals surface area contributed by atoms with Crippen LogP contribution in [0.4, 0.5) is 11.6 Å². The minimum atomic E-state index is -0.655. The van der Waals surface area contributed by atoms with Gasteiger partial charge in [-0.15, -0.1) is 0 Å². The molecule has 2 heterocycles. The number of carbonyl (C=O) groups excluding carboxylic acids is 1. The van der Waals surface area contributed by atoms with Gasteiger partial charge in [-0.05, 0) is 42.7 Å². The molecule has 0 fully saturated rings. The van der Waals surface area contributed by atoms with Gasteiger partial charge >= 0.3 is 5.88 Å². The maximum Gasteiger partial charge on any atom is 0.433 e. The van der Waals surface area contributed by atoms with E-state index in [1.807, 2.05) is 18.2 Å². The summed E-state index contributed by atoms with van der Waals surface area (Å²) in [5, 5.41) is 10.6. The van der Waals surface area contributed by atoms with Gasteiger partial charge in [0.1, 0.15) is 4.92 Å². The minimum absolute atomic E-state index is 0.0162. The quantitative estimate of drug-likeness (QED) is 0.613. The lowest BCUT2D eigenvalue weighted by Crippen LogP contribution is -2.35. The van der Waals surface area contributed by atoms with Crippen LogP contribution in [-0.4, -0.2) is 17.4 Å². The maximum absolute atomic E-state index is 12.5. The van der Waals surface area contributed by atoms with Gasteiger partial charge in [0, 0.05) is 16.7 Å². The van der Waals surface area contributed by atoms with Gasteiger partial charge in [-0.2, -0.15) is 0 Å². The third kappa shape index (κ3) is 2.56. The molecule has 1 amide bonds. The lowest BCUT2D eigenvalue weighted by atomic mass is 10.0. The highest BCUT2D eigenvalue weighted by Crippen LogP contribution is 2.31. The van der Waals surface area contributed by atoms with Crippen LogP contribution in [0.3, 0.4) is 0 Å². The standard InChI is InChI=1S/C14H11BrN2O4/c15-10-3-4-11-9(8-10)2-1-7-16(11)14(18)12-5-6-13(21-12)17(19)20/h3-6,8H,1-2,7H2. The molecule has 0 aliphatic carbocycles. The molecule has 0 N–H and O–H groups in total. The normalized spacial score (nSPS) is 13.9. The molecular weight excluding hydrogens is 340 g/mol. The number of fused-ring (bicyclic) bond motifs is 1. The first-order valence-electron chi connectivity index (χ1n) is 6.41. The van der Waals surface area contributed by atoms with Gasteiger partial charge in [0.05, 0.1) is 6.07 Å². The monoisotopic (exact) mass is 350 g/mol. The van der Waals surface area contributed by atoms with E-state index in [4.69, 9.17) is 4.42 Å². The molecule has 0 bridgehead atoms. The van der Waals surface area contributed by atoms with E-state index >= 15 is 0 Å². The van der Waals surface area contributed by atoms with E-state index in [0.29, 0.717) is 6.54 Å². The van der Waals surface area contributed by atoms with Crippen molar-refractivity contribution in [1.29, 1.82) is 0 Å². The van der Waals surface area contributed by atoms with E-state index in [1.54, 1.807) is 4.90 Å². The van der Waals surface area contributed by atoms with Crippen LogP contribution < -0.4 is 4.90 Å². The Kier molecular flexibility index (Phi) is 3.50. The fourth-order valence-corrected chi connectivity index (χ4v) is 2.86. The van der Waals surface area contributed by atoms with Crippen molar-refractivity contribution >= 4 is 33.4 Å². The van der Waals surface area contributed by atoms with Crippen LogP contribution in [0.25, 0.3) is 0 Å². The van der Waals surface area contributed by atoms with Crippen LogP contribution >= 0.6 is 15.9 Å². The Morgan fingerprint density at radius 3 is 2.86 bits per heavy atom. The Balaban J connectivity index is 1.94. The van der Waals surface area contributed by atoms with Gasteiger partial charge in [0.2, 0.25) is 0 Å². The minimum Gasteiger partial charge on any atom is -0.395 e. The van der Waals surface area contributed by atoms with Crippen molar-refractivity contribution in [2.75, 3.05) is 11.4 Å². The van der Waals surface area contributed by atoms with Crippen molar-refractivity contribution < 1.29 is 14.1 Å². The first-order chi connectivity index (χ1) is 10.1. The van der Waals surface area contributed by atoms with Crippen LogP contribution in [0.15, 0.2) is 39.2 Å². The molecule has 108 valence electrons. The highest BCUT2D eigenvalue weighted by molar-refractivity contribution is 9.10. The summed E-state index contributed by atoms with van der Waals surface area (Å²) in [6, 6.07) is 8.26. The van der Waals surface area contributed by atoms with E-state index in [2.05, 4.69) is 15.9 Å². The number of hydrogen-bond donors (Lipinski definition) is 0. The van der Waals surface area contributed by atoms with Gasteiger partial charge in [-0.3, -0.25) is 14.9 Å². The van der Waals surface area contributed by atoms with Gasteiger partial charge in [-0.25, -0.2) is 0 Å². The third-order valence-corrected chi connectivity index (χ3v) is 3.88. The Morgan fingerprint density at radius 2 is 2.14 bits per heavy atom. The second kappa shape index (κ2) is 5.33. The molecule has 7 heteroatoms. The molecule has 0 spiro atoms. The topological polar surface area (TPSA) is 76.6 Å². The number of furan rings is 1. The Bertz CT molecular complexity index is 726. The largest absolute Gasteiger partial charge is 0.433 e. The molecule has 1 aliphatic heterocycles. The van der Waals surface area contributed by atoms with Gasteiger partial charge in [0.15, 0.2) is 5.76 Å². The van der Waals surface area contributed by atoms with E-state index < -0.39 is 10.8 Å². The zero-order chi connectivity index (χ0) is 15.0. The van der Waals surface area contributed by atoms with Gasteiger partial charge in [-0.1, -0.05) is 15.9 Å². The number of benzene rings is 1. The summed E-state index contributed by atoms with van der Waals surface area (Å²) in [7, 11) is 0. The third-order valence-electron chi connectivity index (χ3n) is 3.39. The molecule has 21 heavy (non-hydrogen) atoms. The number of hydrogen-bond acceptors (Lipinski definition) is 4. The predicted octanol–water partition coefficient (Wildman–Crippen LogP) is 3.54. The van der Waals surface area contributed by atoms with Crippen LogP contribution in [-0.2, 0) is 6.42 Å². The fourth-order valence-electron chi connectivity index (χ4n) is 2.45. The molecule has 0 saturated carbocycles. The number of nitro groups is 1. The van der Waals surface area contributed by atoms with Crippen molar-refractivity contribution in [1.82, 2.24) is 0 Å². The number of amides is 1. The summed E-state index contributed by atoms with van der Waals surface area (Å²) >= 11 is 3.41. The number of nitrogens with zero attached hydrogens (tertiary/aromatic N) is 2. The molecule has 2 aromatic rings. The second-order valence-corrected chi connectivity index (χ2v) is 5.64. The summed E-state index contributed by atoms with van der Waals surface area (Å²) in [6.45, 7) is 0.571. The smallest absolute Gasteiger partial charge is 0.395 e. The molecule has 0 saturated heterocycles. The number of anilines is 1. The van der Waals surface area contributed by atoms with Crippen LogP contribution in [0.2, 0.25) is 0 Å². The molecule has 6 nitrogen and oxygen atoms in total. The SMILES string of the molecule is O=C(c1ccc([N+](=O)[O-])o1)N1CCCc2cc(Br)ccc21. The van der Waals surface area contributed by atoms with Gasteiger partial charge in [0.25, 0.3) is 5.91 Å².